The fourth-order valence-electron chi connectivity index (χ4n) is 2.48. The Morgan fingerprint density at radius 3 is 2.53 bits per heavy atom. The molecule has 1 aliphatic carbocycles. The third kappa shape index (κ3) is 5.91. The molecule has 0 aliphatic heterocycles. The van der Waals surface area contributed by atoms with E-state index in [4.69, 9.17) is 0 Å². The van der Waals surface area contributed by atoms with E-state index in [9.17, 15) is 4.79 Å². The van der Waals surface area contributed by atoms with Crippen molar-refractivity contribution in [3.63, 3.8) is 0 Å². The van der Waals surface area contributed by atoms with Gasteiger partial charge < -0.3 is 15.5 Å². The van der Waals surface area contributed by atoms with Crippen LogP contribution in [0, 0.1) is 0 Å². The van der Waals surface area contributed by atoms with Crippen molar-refractivity contribution in [2.45, 2.75) is 71.0 Å². The van der Waals surface area contributed by atoms with Crippen molar-refractivity contribution in [2.75, 3.05) is 20.1 Å². The molecule has 1 saturated carbocycles. The quantitative estimate of drug-likeness (QED) is 0.705. The molecule has 2 N–H and O–H groups in total. The Labute approximate surface area is 118 Å². The molecular weight excluding hydrogens is 238 g/mol. The van der Waals surface area contributed by atoms with Gasteiger partial charge in [-0.15, -0.1) is 0 Å². The van der Waals surface area contributed by atoms with Crippen LogP contribution in [-0.2, 0) is 4.79 Å². The fraction of sp³-hybridized carbons (Fsp3) is 0.933. The molecule has 4 nitrogen and oxygen atoms in total. The van der Waals surface area contributed by atoms with Crippen LogP contribution < -0.4 is 10.6 Å². The van der Waals surface area contributed by atoms with Gasteiger partial charge in [0, 0.05) is 25.2 Å². The third-order valence-electron chi connectivity index (χ3n) is 4.35. The summed E-state index contributed by atoms with van der Waals surface area (Å²) in [6.45, 7) is 8.23. The molecule has 0 aromatic carbocycles. The molecule has 1 fully saturated rings. The van der Waals surface area contributed by atoms with Gasteiger partial charge in [0.05, 0.1) is 6.04 Å². The van der Waals surface area contributed by atoms with Crippen LogP contribution in [0.1, 0.15) is 52.9 Å². The topological polar surface area (TPSA) is 44.4 Å². The molecule has 0 aromatic rings. The lowest BCUT2D eigenvalue weighted by atomic mass is 10.2. The molecule has 2 unspecified atom stereocenters. The highest BCUT2D eigenvalue weighted by Crippen LogP contribution is 2.17. The first-order chi connectivity index (χ1) is 9.04. The predicted octanol–water partition coefficient (Wildman–Crippen LogP) is 1.75. The Balaban J connectivity index is 2.15. The van der Waals surface area contributed by atoms with Crippen LogP contribution in [0.15, 0.2) is 0 Å². The summed E-state index contributed by atoms with van der Waals surface area (Å²) in [5, 5.41) is 6.45. The highest BCUT2D eigenvalue weighted by Gasteiger charge is 2.20. The molecule has 0 heterocycles. The number of hydrogen-bond donors (Lipinski definition) is 2. The first-order valence-corrected chi connectivity index (χ1v) is 7.78. The van der Waals surface area contributed by atoms with Crippen molar-refractivity contribution in [1.82, 2.24) is 15.5 Å². The Bertz CT molecular complexity index is 264. The zero-order valence-electron chi connectivity index (χ0n) is 13.0. The van der Waals surface area contributed by atoms with Crippen LogP contribution in [0.25, 0.3) is 0 Å². The Hall–Kier alpha value is -0.610. The van der Waals surface area contributed by atoms with Gasteiger partial charge in [0.1, 0.15) is 0 Å². The van der Waals surface area contributed by atoms with Gasteiger partial charge in [0.15, 0.2) is 0 Å². The van der Waals surface area contributed by atoms with Gasteiger partial charge in [0.25, 0.3) is 0 Å². The molecule has 19 heavy (non-hydrogen) atoms. The van der Waals surface area contributed by atoms with E-state index in [2.05, 4.69) is 36.4 Å². The normalized spacial score (nSPS) is 19.6. The van der Waals surface area contributed by atoms with Gasteiger partial charge in [-0.3, -0.25) is 4.79 Å². The summed E-state index contributed by atoms with van der Waals surface area (Å²) in [5.41, 5.74) is 0. The highest BCUT2D eigenvalue weighted by atomic mass is 16.2. The van der Waals surface area contributed by atoms with Crippen LogP contribution >= 0.6 is 0 Å². The molecule has 0 bridgehead atoms. The lowest BCUT2D eigenvalue weighted by Crippen LogP contribution is -2.47. The van der Waals surface area contributed by atoms with E-state index in [0.717, 1.165) is 32.4 Å². The van der Waals surface area contributed by atoms with Crippen LogP contribution in [-0.4, -0.2) is 49.1 Å². The van der Waals surface area contributed by atoms with Crippen LogP contribution in [0.3, 0.4) is 0 Å². The average Bonchev–Trinajstić information content (AvgIpc) is 2.90. The average molecular weight is 269 g/mol. The lowest BCUT2D eigenvalue weighted by molar-refractivity contribution is -0.123. The monoisotopic (exact) mass is 269 g/mol. The van der Waals surface area contributed by atoms with Gasteiger partial charge in [-0.05, 0) is 40.2 Å². The molecule has 1 rings (SSSR count). The SMILES string of the molecule is CCC(C)N(C)CCNC(C)C(=O)NC1CCCC1. The summed E-state index contributed by atoms with van der Waals surface area (Å²) in [5.74, 6) is 0.151. The van der Waals surface area contributed by atoms with Gasteiger partial charge in [0.2, 0.25) is 5.91 Å². The molecule has 2 atom stereocenters. The lowest BCUT2D eigenvalue weighted by Gasteiger charge is -2.24. The largest absolute Gasteiger partial charge is 0.352 e. The zero-order valence-corrected chi connectivity index (χ0v) is 13.0. The Kier molecular flexibility index (Phi) is 7.39. The maximum absolute atomic E-state index is 12.0. The minimum absolute atomic E-state index is 0.0917. The Morgan fingerprint density at radius 1 is 1.32 bits per heavy atom. The van der Waals surface area contributed by atoms with Crippen LogP contribution in [0.2, 0.25) is 0 Å². The minimum Gasteiger partial charge on any atom is -0.352 e. The number of nitrogens with zero attached hydrogens (tertiary/aromatic N) is 1. The summed E-state index contributed by atoms with van der Waals surface area (Å²) in [6, 6.07) is 0.926. The van der Waals surface area contributed by atoms with Gasteiger partial charge in [-0.1, -0.05) is 19.8 Å². The molecule has 1 amide bonds. The Morgan fingerprint density at radius 2 is 1.95 bits per heavy atom. The van der Waals surface area contributed by atoms with Crippen molar-refractivity contribution in [3.8, 4) is 0 Å². The van der Waals surface area contributed by atoms with Crippen molar-refractivity contribution >= 4 is 5.91 Å². The van der Waals surface area contributed by atoms with Gasteiger partial charge in [-0.2, -0.15) is 0 Å². The molecule has 4 heteroatoms. The van der Waals surface area contributed by atoms with Crippen molar-refractivity contribution in [3.05, 3.63) is 0 Å². The predicted molar refractivity (Wildman–Crippen MR) is 80.2 cm³/mol. The number of likely N-dealkylation sites (N-methyl/N-ethyl adjacent to an activating group) is 1. The number of hydrogen-bond acceptors (Lipinski definition) is 3. The van der Waals surface area contributed by atoms with E-state index >= 15 is 0 Å². The summed E-state index contributed by atoms with van der Waals surface area (Å²) >= 11 is 0. The molecule has 0 aromatic heterocycles. The maximum Gasteiger partial charge on any atom is 0.237 e. The van der Waals surface area contributed by atoms with E-state index in [1.54, 1.807) is 0 Å². The number of nitrogens with one attached hydrogen (secondary N) is 2. The van der Waals surface area contributed by atoms with Crippen molar-refractivity contribution in [2.24, 2.45) is 0 Å². The molecule has 0 spiro atoms. The van der Waals surface area contributed by atoms with E-state index in [1.165, 1.54) is 12.8 Å². The smallest absolute Gasteiger partial charge is 0.237 e. The van der Waals surface area contributed by atoms with E-state index in [-0.39, 0.29) is 11.9 Å². The van der Waals surface area contributed by atoms with Gasteiger partial charge >= 0.3 is 0 Å². The zero-order chi connectivity index (χ0) is 14.3. The summed E-state index contributed by atoms with van der Waals surface area (Å²) < 4.78 is 0. The second-order valence-electron chi connectivity index (χ2n) is 5.90. The number of rotatable bonds is 8. The maximum atomic E-state index is 12.0. The molecule has 0 saturated heterocycles. The van der Waals surface area contributed by atoms with E-state index in [0.29, 0.717) is 12.1 Å². The fourth-order valence-corrected chi connectivity index (χ4v) is 2.48. The second kappa shape index (κ2) is 8.54. The molecule has 1 aliphatic rings. The number of carbonyl (C=O) groups is 1. The molecule has 112 valence electrons. The third-order valence-corrected chi connectivity index (χ3v) is 4.35. The summed E-state index contributed by atoms with van der Waals surface area (Å²) in [7, 11) is 2.14. The molecule has 0 radical (unpaired) electrons. The van der Waals surface area contributed by atoms with E-state index < -0.39 is 0 Å². The first-order valence-electron chi connectivity index (χ1n) is 7.78. The van der Waals surface area contributed by atoms with Crippen LogP contribution in [0.4, 0.5) is 0 Å². The molecular formula is C15H31N3O. The van der Waals surface area contributed by atoms with E-state index in [1.807, 2.05) is 6.92 Å². The van der Waals surface area contributed by atoms with Gasteiger partial charge in [-0.25, -0.2) is 0 Å². The number of amides is 1. The minimum atomic E-state index is -0.0917. The van der Waals surface area contributed by atoms with Crippen LogP contribution in [0.5, 0.6) is 0 Å². The van der Waals surface area contributed by atoms with Crippen molar-refractivity contribution < 1.29 is 4.79 Å². The first kappa shape index (κ1) is 16.4. The standard InChI is InChI=1S/C15H31N3O/c1-5-12(2)18(4)11-10-16-13(3)15(19)17-14-8-6-7-9-14/h12-14,16H,5-11H2,1-4H3,(H,17,19). The highest BCUT2D eigenvalue weighted by molar-refractivity contribution is 5.81. The summed E-state index contributed by atoms with van der Waals surface area (Å²) in [6.07, 6.45) is 5.97. The number of carbonyl (C=O) groups excluding carboxylic acids is 1. The second-order valence-corrected chi connectivity index (χ2v) is 5.90. The summed E-state index contributed by atoms with van der Waals surface area (Å²) in [4.78, 5) is 14.3. The van der Waals surface area contributed by atoms with Crippen molar-refractivity contribution in [1.29, 1.82) is 0 Å².